The van der Waals surface area contributed by atoms with E-state index in [0.29, 0.717) is 21.3 Å². The molecule has 1 heterocycles. The lowest BCUT2D eigenvalue weighted by molar-refractivity contribution is 0.103. The first-order chi connectivity index (χ1) is 12.1. The third-order valence-electron chi connectivity index (χ3n) is 3.18. The van der Waals surface area contributed by atoms with Gasteiger partial charge < -0.3 is 10.6 Å². The van der Waals surface area contributed by atoms with Crippen molar-refractivity contribution >= 4 is 39.7 Å². The first-order valence-corrected chi connectivity index (χ1v) is 8.21. The molecule has 1 aromatic heterocycles. The van der Waals surface area contributed by atoms with Crippen LogP contribution in [0, 0.1) is 5.82 Å². The molecule has 0 radical (unpaired) electrons. The Balaban J connectivity index is 1.60. The van der Waals surface area contributed by atoms with E-state index in [2.05, 4.69) is 16.0 Å². The van der Waals surface area contributed by atoms with Gasteiger partial charge >= 0.3 is 6.03 Å². The summed E-state index contributed by atoms with van der Waals surface area (Å²) in [5.41, 5.74) is 1.04. The maximum absolute atomic E-state index is 13.1. The highest BCUT2D eigenvalue weighted by Crippen LogP contribution is 2.23. The zero-order chi connectivity index (χ0) is 17.6. The van der Waals surface area contributed by atoms with Crippen molar-refractivity contribution in [3.8, 4) is 0 Å². The number of para-hydroxylation sites is 1. The SMILES string of the molecule is O=C(Nc1ccccc1)Nc1ccc(C(=O)Nc2cccc(F)c2)s1. The van der Waals surface area contributed by atoms with E-state index in [0.717, 1.165) is 11.3 Å². The van der Waals surface area contributed by atoms with Crippen LogP contribution in [0.4, 0.5) is 25.6 Å². The summed E-state index contributed by atoms with van der Waals surface area (Å²) in [4.78, 5) is 24.5. The van der Waals surface area contributed by atoms with Crippen LogP contribution in [0.1, 0.15) is 9.67 Å². The van der Waals surface area contributed by atoms with Crippen LogP contribution >= 0.6 is 11.3 Å². The van der Waals surface area contributed by atoms with E-state index >= 15 is 0 Å². The molecule has 3 N–H and O–H groups in total. The summed E-state index contributed by atoms with van der Waals surface area (Å²) < 4.78 is 13.1. The summed E-state index contributed by atoms with van der Waals surface area (Å²) in [6, 6.07) is 17.5. The molecule has 7 heteroatoms. The van der Waals surface area contributed by atoms with Gasteiger partial charge in [-0.1, -0.05) is 24.3 Å². The predicted octanol–water partition coefficient (Wildman–Crippen LogP) is 4.78. The molecule has 126 valence electrons. The van der Waals surface area contributed by atoms with Crippen molar-refractivity contribution in [3.63, 3.8) is 0 Å². The van der Waals surface area contributed by atoms with Gasteiger partial charge in [0, 0.05) is 11.4 Å². The molecule has 5 nitrogen and oxygen atoms in total. The Bertz CT molecular complexity index is 896. The molecule has 0 atom stereocenters. The number of hydrogen-bond donors (Lipinski definition) is 3. The lowest BCUT2D eigenvalue weighted by Crippen LogP contribution is -2.18. The van der Waals surface area contributed by atoms with Crippen molar-refractivity contribution in [1.82, 2.24) is 0 Å². The van der Waals surface area contributed by atoms with Crippen LogP contribution in [-0.4, -0.2) is 11.9 Å². The Hall–Kier alpha value is -3.19. The van der Waals surface area contributed by atoms with Crippen LogP contribution in [0.25, 0.3) is 0 Å². The van der Waals surface area contributed by atoms with Gasteiger partial charge in [0.15, 0.2) is 0 Å². The fourth-order valence-electron chi connectivity index (χ4n) is 2.08. The van der Waals surface area contributed by atoms with Gasteiger partial charge in [-0.2, -0.15) is 0 Å². The largest absolute Gasteiger partial charge is 0.324 e. The molecule has 0 fully saturated rings. The van der Waals surface area contributed by atoms with E-state index in [1.807, 2.05) is 18.2 Å². The van der Waals surface area contributed by atoms with Crippen molar-refractivity contribution in [2.24, 2.45) is 0 Å². The average molecular weight is 355 g/mol. The van der Waals surface area contributed by atoms with E-state index in [-0.39, 0.29) is 5.91 Å². The van der Waals surface area contributed by atoms with Crippen molar-refractivity contribution in [3.05, 3.63) is 77.4 Å². The summed E-state index contributed by atoms with van der Waals surface area (Å²) in [6.07, 6.45) is 0. The van der Waals surface area contributed by atoms with E-state index in [1.165, 1.54) is 18.2 Å². The number of amides is 3. The minimum Gasteiger partial charge on any atom is -0.321 e. The quantitative estimate of drug-likeness (QED) is 0.630. The monoisotopic (exact) mass is 355 g/mol. The third kappa shape index (κ3) is 4.65. The number of thiophene rings is 1. The molecule has 0 bridgehead atoms. The molecular weight excluding hydrogens is 341 g/mol. The van der Waals surface area contributed by atoms with E-state index < -0.39 is 11.8 Å². The normalized spacial score (nSPS) is 10.1. The molecule has 0 aliphatic heterocycles. The molecule has 0 unspecified atom stereocenters. The Kier molecular flexibility index (Phi) is 5.06. The van der Waals surface area contributed by atoms with E-state index in [4.69, 9.17) is 0 Å². The minimum atomic E-state index is -0.427. The second-order valence-corrected chi connectivity index (χ2v) is 6.16. The van der Waals surface area contributed by atoms with Gasteiger partial charge in [-0.15, -0.1) is 11.3 Å². The summed E-state index contributed by atoms with van der Waals surface area (Å²) >= 11 is 1.13. The number of carbonyl (C=O) groups is 2. The molecule has 3 aromatic rings. The first-order valence-electron chi connectivity index (χ1n) is 7.40. The van der Waals surface area contributed by atoms with Gasteiger partial charge in [-0.25, -0.2) is 9.18 Å². The maximum Gasteiger partial charge on any atom is 0.324 e. The van der Waals surface area contributed by atoms with Crippen LogP contribution in [0.2, 0.25) is 0 Å². The Morgan fingerprint density at radius 1 is 0.800 bits per heavy atom. The highest BCUT2D eigenvalue weighted by molar-refractivity contribution is 7.18. The van der Waals surface area contributed by atoms with Gasteiger partial charge in [0.25, 0.3) is 5.91 Å². The second kappa shape index (κ2) is 7.59. The molecule has 0 saturated carbocycles. The number of rotatable bonds is 4. The molecular formula is C18H14FN3O2S. The molecule has 0 aliphatic rings. The number of halogens is 1. The fraction of sp³-hybridized carbons (Fsp3) is 0. The van der Waals surface area contributed by atoms with Crippen LogP contribution in [0.15, 0.2) is 66.7 Å². The third-order valence-corrected chi connectivity index (χ3v) is 4.18. The van der Waals surface area contributed by atoms with Crippen molar-refractivity contribution in [1.29, 1.82) is 0 Å². The molecule has 0 saturated heterocycles. The number of hydrogen-bond acceptors (Lipinski definition) is 3. The van der Waals surface area contributed by atoms with Crippen LogP contribution in [-0.2, 0) is 0 Å². The number of benzene rings is 2. The number of urea groups is 1. The lowest BCUT2D eigenvalue weighted by atomic mass is 10.3. The summed E-state index contributed by atoms with van der Waals surface area (Å²) in [5, 5.41) is 8.49. The minimum absolute atomic E-state index is 0.368. The number of nitrogens with one attached hydrogen (secondary N) is 3. The Morgan fingerprint density at radius 2 is 1.56 bits per heavy atom. The second-order valence-electron chi connectivity index (χ2n) is 5.07. The van der Waals surface area contributed by atoms with Crippen molar-refractivity contribution in [2.75, 3.05) is 16.0 Å². The van der Waals surface area contributed by atoms with Crippen molar-refractivity contribution < 1.29 is 14.0 Å². The Labute approximate surface area is 147 Å². The average Bonchev–Trinajstić information content (AvgIpc) is 3.04. The predicted molar refractivity (Wildman–Crippen MR) is 97.8 cm³/mol. The summed E-state index contributed by atoms with van der Waals surface area (Å²) in [6.45, 7) is 0. The topological polar surface area (TPSA) is 70.2 Å². The smallest absolute Gasteiger partial charge is 0.321 e. The van der Waals surface area contributed by atoms with Gasteiger partial charge in [0.05, 0.1) is 9.88 Å². The molecule has 0 spiro atoms. The van der Waals surface area contributed by atoms with Gasteiger partial charge in [0.1, 0.15) is 5.82 Å². The number of anilines is 3. The molecule has 0 aliphatic carbocycles. The molecule has 3 amide bonds. The van der Waals surface area contributed by atoms with Gasteiger partial charge in [0.2, 0.25) is 0 Å². The zero-order valence-electron chi connectivity index (χ0n) is 13.0. The van der Waals surface area contributed by atoms with E-state index in [1.54, 1.807) is 30.3 Å². The summed E-state index contributed by atoms with van der Waals surface area (Å²) in [7, 11) is 0. The fourth-order valence-corrected chi connectivity index (χ4v) is 2.88. The van der Waals surface area contributed by atoms with Crippen LogP contribution in [0.3, 0.4) is 0 Å². The molecule has 25 heavy (non-hydrogen) atoms. The van der Waals surface area contributed by atoms with Gasteiger partial charge in [-0.05, 0) is 42.5 Å². The van der Waals surface area contributed by atoms with Crippen LogP contribution < -0.4 is 16.0 Å². The lowest BCUT2D eigenvalue weighted by Gasteiger charge is -2.05. The summed E-state index contributed by atoms with van der Waals surface area (Å²) in [5.74, 6) is -0.795. The number of carbonyl (C=O) groups excluding carboxylic acids is 2. The van der Waals surface area contributed by atoms with Crippen LogP contribution in [0.5, 0.6) is 0 Å². The molecule has 3 rings (SSSR count). The van der Waals surface area contributed by atoms with Crippen molar-refractivity contribution in [2.45, 2.75) is 0 Å². The van der Waals surface area contributed by atoms with E-state index in [9.17, 15) is 14.0 Å². The maximum atomic E-state index is 13.1. The molecule has 2 aromatic carbocycles. The highest BCUT2D eigenvalue weighted by atomic mass is 32.1. The standard InChI is InChI=1S/C18H14FN3O2S/c19-12-5-4-8-14(11-12)20-17(23)15-9-10-16(25-15)22-18(24)21-13-6-2-1-3-7-13/h1-11H,(H,20,23)(H2,21,22,24). The highest BCUT2D eigenvalue weighted by Gasteiger charge is 2.11. The first kappa shape index (κ1) is 16.7. The zero-order valence-corrected chi connectivity index (χ0v) is 13.8. The Morgan fingerprint density at radius 3 is 2.32 bits per heavy atom. The van der Waals surface area contributed by atoms with Gasteiger partial charge in [-0.3, -0.25) is 10.1 Å².